The second kappa shape index (κ2) is 4.94. The molecule has 0 amide bonds. The number of hydrogen-bond donors (Lipinski definition) is 1. The molecule has 0 fully saturated rings. The van der Waals surface area contributed by atoms with E-state index in [9.17, 15) is 0 Å². The van der Waals surface area contributed by atoms with Crippen molar-refractivity contribution in [2.24, 2.45) is 4.99 Å². The average molecular weight is 154 g/mol. The van der Waals surface area contributed by atoms with E-state index in [4.69, 9.17) is 0 Å². The number of nitrogens with zero attached hydrogens (tertiary/aromatic N) is 1. The molecule has 0 unspecified atom stereocenters. The van der Waals surface area contributed by atoms with Gasteiger partial charge in [0.2, 0.25) is 0 Å². The van der Waals surface area contributed by atoms with Gasteiger partial charge in [0.25, 0.3) is 0 Å². The summed E-state index contributed by atoms with van der Waals surface area (Å²) in [7, 11) is 1.80. The molecule has 0 aliphatic rings. The summed E-state index contributed by atoms with van der Waals surface area (Å²) in [5.41, 5.74) is 2.22. The van der Waals surface area contributed by atoms with Crippen molar-refractivity contribution in [3.05, 3.63) is 11.8 Å². The van der Waals surface area contributed by atoms with Crippen LogP contribution in [0.1, 0.15) is 27.7 Å². The lowest BCUT2D eigenvalue weighted by atomic mass is 10.3. The van der Waals surface area contributed by atoms with Crippen LogP contribution in [0.15, 0.2) is 16.8 Å². The Hall–Kier alpha value is -0.790. The van der Waals surface area contributed by atoms with Gasteiger partial charge < -0.3 is 5.32 Å². The van der Waals surface area contributed by atoms with Crippen LogP contribution in [-0.4, -0.2) is 18.8 Å². The van der Waals surface area contributed by atoms with Gasteiger partial charge in [-0.3, -0.25) is 4.99 Å². The molecule has 0 radical (unpaired) electrons. The van der Waals surface area contributed by atoms with Crippen LogP contribution in [0, 0.1) is 0 Å². The topological polar surface area (TPSA) is 24.4 Å². The molecular formula is C9H18N2. The minimum atomic E-state index is 0.496. The molecule has 0 aromatic carbocycles. The standard InChI is InChI=1S/C9H18N2/c1-7(2)11-9(4)6-8(3)10-5/h6-7,11H,1-5H3. The Morgan fingerprint density at radius 1 is 1.36 bits per heavy atom. The van der Waals surface area contributed by atoms with Gasteiger partial charge in [-0.15, -0.1) is 0 Å². The Kier molecular flexibility index (Phi) is 4.59. The van der Waals surface area contributed by atoms with Crippen molar-refractivity contribution in [2.75, 3.05) is 7.05 Å². The van der Waals surface area contributed by atoms with Crippen LogP contribution in [-0.2, 0) is 0 Å². The van der Waals surface area contributed by atoms with E-state index in [1.54, 1.807) is 7.05 Å². The molecule has 0 saturated carbocycles. The van der Waals surface area contributed by atoms with Crippen molar-refractivity contribution in [1.29, 1.82) is 0 Å². The van der Waals surface area contributed by atoms with Crippen LogP contribution in [0.4, 0.5) is 0 Å². The van der Waals surface area contributed by atoms with Crippen LogP contribution in [0.3, 0.4) is 0 Å². The molecule has 2 nitrogen and oxygen atoms in total. The van der Waals surface area contributed by atoms with E-state index in [1.165, 1.54) is 5.70 Å². The fourth-order valence-electron chi connectivity index (χ4n) is 0.875. The minimum absolute atomic E-state index is 0.496. The van der Waals surface area contributed by atoms with Crippen LogP contribution in [0.5, 0.6) is 0 Å². The molecule has 1 N–H and O–H groups in total. The first-order valence-corrected chi connectivity index (χ1v) is 3.94. The van der Waals surface area contributed by atoms with E-state index < -0.39 is 0 Å². The maximum atomic E-state index is 4.04. The third kappa shape index (κ3) is 5.64. The molecule has 11 heavy (non-hydrogen) atoms. The van der Waals surface area contributed by atoms with E-state index in [-0.39, 0.29) is 0 Å². The Balaban J connectivity index is 4.01. The third-order valence-electron chi connectivity index (χ3n) is 1.29. The lowest BCUT2D eigenvalue weighted by molar-refractivity contribution is 0.670. The molecule has 0 spiro atoms. The molecule has 0 aromatic heterocycles. The zero-order chi connectivity index (χ0) is 8.85. The molecular weight excluding hydrogens is 136 g/mol. The molecule has 0 saturated heterocycles. The monoisotopic (exact) mass is 154 g/mol. The summed E-state index contributed by atoms with van der Waals surface area (Å²) in [5.74, 6) is 0. The number of allylic oxidation sites excluding steroid dienone is 2. The fourth-order valence-corrected chi connectivity index (χ4v) is 0.875. The molecule has 0 bridgehead atoms. The fraction of sp³-hybridized carbons (Fsp3) is 0.667. The molecule has 0 atom stereocenters. The summed E-state index contributed by atoms with van der Waals surface area (Å²) in [6, 6.07) is 0.496. The molecule has 0 heterocycles. The van der Waals surface area contributed by atoms with E-state index in [0.29, 0.717) is 6.04 Å². The lowest BCUT2D eigenvalue weighted by Crippen LogP contribution is -2.20. The maximum absolute atomic E-state index is 4.04. The van der Waals surface area contributed by atoms with Crippen molar-refractivity contribution in [3.8, 4) is 0 Å². The third-order valence-corrected chi connectivity index (χ3v) is 1.29. The maximum Gasteiger partial charge on any atom is 0.0330 e. The Morgan fingerprint density at radius 2 is 1.91 bits per heavy atom. The minimum Gasteiger partial charge on any atom is -0.386 e. The first kappa shape index (κ1) is 10.2. The van der Waals surface area contributed by atoms with Crippen molar-refractivity contribution in [3.63, 3.8) is 0 Å². The van der Waals surface area contributed by atoms with Gasteiger partial charge in [0.05, 0.1) is 0 Å². The van der Waals surface area contributed by atoms with E-state index in [2.05, 4.69) is 31.1 Å². The second-order valence-corrected chi connectivity index (χ2v) is 2.99. The summed E-state index contributed by atoms with van der Waals surface area (Å²) < 4.78 is 0. The Bertz CT molecular complexity index is 166. The van der Waals surface area contributed by atoms with Gasteiger partial charge in [0.15, 0.2) is 0 Å². The van der Waals surface area contributed by atoms with Gasteiger partial charge in [-0.25, -0.2) is 0 Å². The van der Waals surface area contributed by atoms with Gasteiger partial charge in [-0.1, -0.05) is 0 Å². The number of rotatable bonds is 3. The highest BCUT2D eigenvalue weighted by Gasteiger charge is 1.92. The summed E-state index contributed by atoms with van der Waals surface area (Å²) in [6.45, 7) is 8.28. The van der Waals surface area contributed by atoms with Gasteiger partial charge in [-0.2, -0.15) is 0 Å². The molecule has 64 valence electrons. The summed E-state index contributed by atoms with van der Waals surface area (Å²) >= 11 is 0. The first-order valence-electron chi connectivity index (χ1n) is 3.94. The Morgan fingerprint density at radius 3 is 2.27 bits per heavy atom. The summed E-state index contributed by atoms with van der Waals surface area (Å²) in [5, 5.41) is 3.29. The first-order chi connectivity index (χ1) is 5.06. The predicted molar refractivity (Wildman–Crippen MR) is 51.1 cm³/mol. The van der Waals surface area contributed by atoms with Crippen molar-refractivity contribution in [2.45, 2.75) is 33.7 Å². The van der Waals surface area contributed by atoms with Crippen LogP contribution in [0.2, 0.25) is 0 Å². The molecule has 0 aromatic rings. The van der Waals surface area contributed by atoms with Crippen molar-refractivity contribution >= 4 is 5.71 Å². The van der Waals surface area contributed by atoms with Crippen LogP contribution in [0.25, 0.3) is 0 Å². The second-order valence-electron chi connectivity index (χ2n) is 2.99. The van der Waals surface area contributed by atoms with Gasteiger partial charge in [0.1, 0.15) is 0 Å². The molecule has 2 heteroatoms. The summed E-state index contributed by atoms with van der Waals surface area (Å²) in [4.78, 5) is 4.04. The lowest BCUT2D eigenvalue weighted by Gasteiger charge is -2.09. The summed E-state index contributed by atoms with van der Waals surface area (Å²) in [6.07, 6.45) is 2.04. The van der Waals surface area contributed by atoms with Crippen molar-refractivity contribution < 1.29 is 0 Å². The van der Waals surface area contributed by atoms with Crippen molar-refractivity contribution in [1.82, 2.24) is 5.32 Å². The largest absolute Gasteiger partial charge is 0.386 e. The van der Waals surface area contributed by atoms with Crippen LogP contribution < -0.4 is 5.32 Å². The van der Waals surface area contributed by atoms with E-state index in [1.807, 2.05) is 13.0 Å². The van der Waals surface area contributed by atoms with Gasteiger partial charge >= 0.3 is 0 Å². The SMILES string of the molecule is CN=C(C)C=C(C)NC(C)C. The zero-order valence-corrected chi connectivity index (χ0v) is 8.10. The quantitative estimate of drug-likeness (QED) is 0.618. The zero-order valence-electron chi connectivity index (χ0n) is 8.10. The average Bonchev–Trinajstić information content (AvgIpc) is 1.85. The number of hydrogen-bond acceptors (Lipinski definition) is 2. The molecule has 0 aliphatic heterocycles. The van der Waals surface area contributed by atoms with Gasteiger partial charge in [-0.05, 0) is 33.8 Å². The van der Waals surface area contributed by atoms with E-state index >= 15 is 0 Å². The predicted octanol–water partition coefficient (Wildman–Crippen LogP) is 1.98. The highest BCUT2D eigenvalue weighted by atomic mass is 14.9. The van der Waals surface area contributed by atoms with Gasteiger partial charge in [0, 0.05) is 24.5 Å². The smallest absolute Gasteiger partial charge is 0.0330 e. The highest BCUT2D eigenvalue weighted by Crippen LogP contribution is 1.91. The molecule has 0 rings (SSSR count). The Labute approximate surface area is 69.4 Å². The number of nitrogens with one attached hydrogen (secondary N) is 1. The normalized spacial score (nSPS) is 14.0. The van der Waals surface area contributed by atoms with Crippen LogP contribution >= 0.6 is 0 Å². The van der Waals surface area contributed by atoms with E-state index in [0.717, 1.165) is 5.71 Å². The number of aliphatic imine (C=N–C) groups is 1. The molecule has 0 aliphatic carbocycles. The highest BCUT2D eigenvalue weighted by molar-refractivity contribution is 5.93.